The maximum Gasteiger partial charge on any atom is 0.374 e. The lowest BCUT2D eigenvalue weighted by Gasteiger charge is -2.32. The molecule has 1 saturated carbocycles. The van der Waals surface area contributed by atoms with Crippen LogP contribution in [0.5, 0.6) is 0 Å². The quantitative estimate of drug-likeness (QED) is 0.440. The second-order valence-corrected chi connectivity index (χ2v) is 7.42. The van der Waals surface area contributed by atoms with Gasteiger partial charge in [0.15, 0.2) is 6.29 Å². The van der Waals surface area contributed by atoms with Crippen molar-refractivity contribution in [2.75, 3.05) is 13.2 Å². The minimum absolute atomic E-state index is 0.100. The standard InChI is InChI=1S/C19H32F2O4/c1-2-3-4-5-15-12-23-17(24-13-15)11-8-14-6-9-16(10-7-14)25-19(22)18(20)21/h14-18H,2-13H2,1H3. The van der Waals surface area contributed by atoms with E-state index in [-0.39, 0.29) is 12.4 Å². The SMILES string of the molecule is CCCCCC1COC(CCC2CCC(OC(=O)C(F)F)CC2)OC1. The average molecular weight is 362 g/mol. The molecule has 0 atom stereocenters. The Balaban J connectivity index is 1.54. The molecule has 1 saturated heterocycles. The molecule has 0 aromatic carbocycles. The summed E-state index contributed by atoms with van der Waals surface area (Å²) in [6.07, 6.45) is 6.54. The first-order chi connectivity index (χ1) is 12.1. The Morgan fingerprint density at radius 2 is 1.68 bits per heavy atom. The molecule has 6 heteroatoms. The van der Waals surface area contributed by atoms with Crippen molar-refractivity contribution in [3.63, 3.8) is 0 Å². The molecular formula is C19H32F2O4. The van der Waals surface area contributed by atoms with Gasteiger partial charge in [-0.15, -0.1) is 0 Å². The second kappa shape index (κ2) is 11.1. The third-order valence-electron chi connectivity index (χ3n) is 5.32. The Hall–Kier alpha value is -0.750. The first kappa shape index (κ1) is 20.6. The van der Waals surface area contributed by atoms with Crippen molar-refractivity contribution in [2.24, 2.45) is 11.8 Å². The zero-order valence-electron chi connectivity index (χ0n) is 15.3. The van der Waals surface area contributed by atoms with Crippen LogP contribution in [0, 0.1) is 11.8 Å². The third kappa shape index (κ3) is 7.57. The highest BCUT2D eigenvalue weighted by Gasteiger charge is 2.28. The molecule has 0 aromatic rings. The van der Waals surface area contributed by atoms with Crippen LogP contribution in [-0.2, 0) is 19.0 Å². The van der Waals surface area contributed by atoms with Crippen molar-refractivity contribution in [3.05, 3.63) is 0 Å². The van der Waals surface area contributed by atoms with Crippen LogP contribution < -0.4 is 0 Å². The monoisotopic (exact) mass is 362 g/mol. The minimum Gasteiger partial charge on any atom is -0.458 e. The first-order valence-corrected chi connectivity index (χ1v) is 9.80. The maximum absolute atomic E-state index is 12.2. The molecule has 0 radical (unpaired) electrons. The van der Waals surface area contributed by atoms with Crippen LogP contribution in [0.4, 0.5) is 8.78 Å². The highest BCUT2D eigenvalue weighted by molar-refractivity contribution is 5.72. The van der Waals surface area contributed by atoms with Gasteiger partial charge < -0.3 is 14.2 Å². The molecule has 0 spiro atoms. The van der Waals surface area contributed by atoms with Crippen molar-refractivity contribution in [2.45, 2.75) is 90.0 Å². The van der Waals surface area contributed by atoms with E-state index in [1.54, 1.807) is 0 Å². The van der Waals surface area contributed by atoms with Gasteiger partial charge in [0.25, 0.3) is 0 Å². The summed E-state index contributed by atoms with van der Waals surface area (Å²) in [5.41, 5.74) is 0. The van der Waals surface area contributed by atoms with Gasteiger partial charge in [-0.2, -0.15) is 8.78 Å². The van der Waals surface area contributed by atoms with E-state index in [0.717, 1.165) is 38.9 Å². The topological polar surface area (TPSA) is 44.8 Å². The van der Waals surface area contributed by atoms with E-state index < -0.39 is 12.4 Å². The molecule has 0 bridgehead atoms. The molecule has 146 valence electrons. The van der Waals surface area contributed by atoms with Gasteiger partial charge in [0, 0.05) is 5.92 Å². The molecule has 1 heterocycles. The number of ether oxygens (including phenoxy) is 3. The number of carbonyl (C=O) groups is 1. The van der Waals surface area contributed by atoms with E-state index in [9.17, 15) is 13.6 Å². The minimum atomic E-state index is -3.02. The van der Waals surface area contributed by atoms with Gasteiger partial charge in [0.2, 0.25) is 0 Å². The van der Waals surface area contributed by atoms with Crippen LogP contribution in [0.15, 0.2) is 0 Å². The summed E-state index contributed by atoms with van der Waals surface area (Å²) in [4.78, 5) is 10.9. The van der Waals surface area contributed by atoms with E-state index >= 15 is 0 Å². The lowest BCUT2D eigenvalue weighted by molar-refractivity contribution is -0.205. The van der Waals surface area contributed by atoms with Gasteiger partial charge in [0.1, 0.15) is 6.10 Å². The van der Waals surface area contributed by atoms with Crippen molar-refractivity contribution in [1.82, 2.24) is 0 Å². The number of esters is 1. The molecule has 2 rings (SSSR count). The maximum atomic E-state index is 12.2. The molecule has 0 amide bonds. The Bertz CT molecular complexity index is 376. The number of rotatable bonds is 9. The summed E-state index contributed by atoms with van der Waals surface area (Å²) in [5.74, 6) is -0.320. The summed E-state index contributed by atoms with van der Waals surface area (Å²) in [7, 11) is 0. The summed E-state index contributed by atoms with van der Waals surface area (Å²) in [5, 5.41) is 0. The lowest BCUT2D eigenvalue weighted by atomic mass is 9.84. The Morgan fingerprint density at radius 1 is 1.00 bits per heavy atom. The zero-order valence-corrected chi connectivity index (χ0v) is 15.3. The highest BCUT2D eigenvalue weighted by atomic mass is 19.3. The molecule has 25 heavy (non-hydrogen) atoms. The zero-order chi connectivity index (χ0) is 18.1. The van der Waals surface area contributed by atoms with Crippen LogP contribution in [0.25, 0.3) is 0 Å². The van der Waals surface area contributed by atoms with E-state index in [1.807, 2.05) is 0 Å². The van der Waals surface area contributed by atoms with Gasteiger partial charge in [-0.1, -0.05) is 26.2 Å². The number of alkyl halides is 2. The number of unbranched alkanes of at least 4 members (excludes halogenated alkanes) is 2. The van der Waals surface area contributed by atoms with E-state index in [4.69, 9.17) is 14.2 Å². The summed E-state index contributed by atoms with van der Waals surface area (Å²) >= 11 is 0. The lowest BCUT2D eigenvalue weighted by Crippen LogP contribution is -2.33. The second-order valence-electron chi connectivity index (χ2n) is 7.42. The van der Waals surface area contributed by atoms with Crippen molar-refractivity contribution >= 4 is 5.97 Å². The first-order valence-electron chi connectivity index (χ1n) is 9.80. The van der Waals surface area contributed by atoms with Gasteiger partial charge >= 0.3 is 12.4 Å². The molecular weight excluding hydrogens is 330 g/mol. The molecule has 4 nitrogen and oxygen atoms in total. The van der Waals surface area contributed by atoms with Crippen LogP contribution >= 0.6 is 0 Å². The molecule has 0 unspecified atom stereocenters. The number of halogens is 2. The van der Waals surface area contributed by atoms with Gasteiger partial charge in [-0.25, -0.2) is 4.79 Å². The predicted molar refractivity (Wildman–Crippen MR) is 90.4 cm³/mol. The molecule has 0 aromatic heterocycles. The molecule has 1 aliphatic heterocycles. The molecule has 2 aliphatic rings. The largest absolute Gasteiger partial charge is 0.458 e. The number of carbonyl (C=O) groups excluding carboxylic acids is 1. The fourth-order valence-corrected chi connectivity index (χ4v) is 3.73. The molecule has 0 N–H and O–H groups in total. The fourth-order valence-electron chi connectivity index (χ4n) is 3.73. The molecule has 1 aliphatic carbocycles. The van der Waals surface area contributed by atoms with E-state index in [1.165, 1.54) is 25.7 Å². The predicted octanol–water partition coefficient (Wildman–Crippen LogP) is 4.70. The van der Waals surface area contributed by atoms with Crippen molar-refractivity contribution in [1.29, 1.82) is 0 Å². The molecule has 2 fully saturated rings. The van der Waals surface area contributed by atoms with Crippen LogP contribution in [0.3, 0.4) is 0 Å². The number of hydrogen-bond acceptors (Lipinski definition) is 4. The highest BCUT2D eigenvalue weighted by Crippen LogP contribution is 2.31. The Kier molecular flexibility index (Phi) is 9.10. The third-order valence-corrected chi connectivity index (χ3v) is 5.32. The summed E-state index contributed by atoms with van der Waals surface area (Å²) in [6, 6.07) is 0. The summed E-state index contributed by atoms with van der Waals surface area (Å²) in [6.45, 7) is 3.80. The van der Waals surface area contributed by atoms with Crippen molar-refractivity contribution < 1.29 is 27.8 Å². The van der Waals surface area contributed by atoms with Crippen molar-refractivity contribution in [3.8, 4) is 0 Å². The van der Waals surface area contributed by atoms with Crippen LogP contribution in [0.2, 0.25) is 0 Å². The Labute approximate surface area is 149 Å². The van der Waals surface area contributed by atoms with E-state index in [2.05, 4.69) is 6.92 Å². The van der Waals surface area contributed by atoms with Gasteiger partial charge in [0.05, 0.1) is 13.2 Å². The fraction of sp³-hybridized carbons (Fsp3) is 0.947. The summed E-state index contributed by atoms with van der Waals surface area (Å²) < 4.78 is 40.9. The normalized spacial score (nSPS) is 30.4. The average Bonchev–Trinajstić information content (AvgIpc) is 2.62. The Morgan fingerprint density at radius 3 is 2.28 bits per heavy atom. The number of hydrogen-bond donors (Lipinski definition) is 0. The van der Waals surface area contributed by atoms with Crippen LogP contribution in [0.1, 0.15) is 71.1 Å². The smallest absolute Gasteiger partial charge is 0.374 e. The van der Waals surface area contributed by atoms with Gasteiger partial charge in [-0.3, -0.25) is 0 Å². The van der Waals surface area contributed by atoms with Gasteiger partial charge in [-0.05, 0) is 50.9 Å². The van der Waals surface area contributed by atoms with Crippen LogP contribution in [-0.4, -0.2) is 38.0 Å². The van der Waals surface area contributed by atoms with E-state index in [0.29, 0.717) is 24.7 Å².